The zero-order valence-electron chi connectivity index (χ0n) is 7.90. The van der Waals surface area contributed by atoms with Crippen molar-refractivity contribution in [1.29, 1.82) is 0 Å². The first-order valence-corrected chi connectivity index (χ1v) is 4.52. The Labute approximate surface area is 73.4 Å². The molecule has 72 valence electrons. The van der Waals surface area contributed by atoms with E-state index in [-0.39, 0.29) is 18.6 Å². The summed E-state index contributed by atoms with van der Waals surface area (Å²) in [6, 6.07) is 0. The molecule has 1 aliphatic heterocycles. The quantitative estimate of drug-likeness (QED) is 0.605. The van der Waals surface area contributed by atoms with Crippen LogP contribution in [0.4, 0.5) is 0 Å². The molecule has 1 rings (SSSR count). The molecule has 0 spiro atoms. The third-order valence-corrected chi connectivity index (χ3v) is 3.06. The van der Waals surface area contributed by atoms with Crippen LogP contribution in [-0.2, 0) is 4.74 Å². The molecule has 0 aliphatic carbocycles. The van der Waals surface area contributed by atoms with Gasteiger partial charge in [-0.05, 0) is 18.8 Å². The highest BCUT2D eigenvalue weighted by Gasteiger charge is 2.37. The number of rotatable bonds is 1. The van der Waals surface area contributed by atoms with Crippen molar-refractivity contribution in [3.05, 3.63) is 0 Å². The van der Waals surface area contributed by atoms with Crippen LogP contribution in [-0.4, -0.2) is 35.1 Å². The third kappa shape index (κ3) is 1.63. The first kappa shape index (κ1) is 9.96. The van der Waals surface area contributed by atoms with Crippen molar-refractivity contribution in [1.82, 2.24) is 0 Å². The Morgan fingerprint density at radius 3 is 2.25 bits per heavy atom. The maximum Gasteiger partial charge on any atom is 0.107 e. The van der Waals surface area contributed by atoms with E-state index in [1.165, 1.54) is 0 Å². The van der Waals surface area contributed by atoms with Crippen LogP contribution >= 0.6 is 0 Å². The Bertz CT molecular complexity index is 144. The highest BCUT2D eigenvalue weighted by Crippen LogP contribution is 2.29. The molecular weight excluding hydrogens is 156 g/mol. The Hall–Kier alpha value is -0.120. The van der Waals surface area contributed by atoms with Gasteiger partial charge in [-0.15, -0.1) is 0 Å². The molecule has 1 heterocycles. The van der Waals surface area contributed by atoms with Crippen molar-refractivity contribution in [2.75, 3.05) is 6.61 Å². The maximum atomic E-state index is 9.64. The molecule has 0 aromatic rings. The Balaban J connectivity index is 2.63. The predicted octanol–water partition coefficient (Wildman–Crippen LogP) is 0.399. The molecule has 0 saturated carbocycles. The summed E-state index contributed by atoms with van der Waals surface area (Å²) in [5, 5.41) is 18.5. The smallest absolute Gasteiger partial charge is 0.107 e. The lowest BCUT2D eigenvalue weighted by atomic mass is 9.82. The lowest BCUT2D eigenvalue weighted by Gasteiger charge is -2.40. The van der Waals surface area contributed by atoms with Crippen LogP contribution < -0.4 is 0 Å². The van der Waals surface area contributed by atoms with Gasteiger partial charge in [-0.2, -0.15) is 0 Å². The molecule has 0 bridgehead atoms. The summed E-state index contributed by atoms with van der Waals surface area (Å²) in [6.45, 7) is 5.95. The van der Waals surface area contributed by atoms with E-state index in [1.807, 2.05) is 13.8 Å². The molecule has 0 aromatic carbocycles. The predicted molar refractivity (Wildman–Crippen MR) is 45.8 cm³/mol. The SMILES string of the molecule is CC1OC(CO)C(O)C(C)C1C. The minimum atomic E-state index is -0.527. The van der Waals surface area contributed by atoms with E-state index in [0.717, 1.165) is 0 Å². The second-order valence-corrected chi connectivity index (χ2v) is 3.77. The fourth-order valence-corrected chi connectivity index (χ4v) is 1.71. The van der Waals surface area contributed by atoms with Crippen molar-refractivity contribution in [3.8, 4) is 0 Å². The summed E-state index contributed by atoms with van der Waals surface area (Å²) in [5.41, 5.74) is 0. The van der Waals surface area contributed by atoms with Gasteiger partial charge in [0.05, 0.1) is 18.8 Å². The number of hydrogen-bond acceptors (Lipinski definition) is 3. The molecule has 3 heteroatoms. The third-order valence-electron chi connectivity index (χ3n) is 3.06. The second kappa shape index (κ2) is 3.73. The van der Waals surface area contributed by atoms with E-state index < -0.39 is 12.2 Å². The van der Waals surface area contributed by atoms with Crippen LogP contribution in [0.2, 0.25) is 0 Å². The summed E-state index contributed by atoms with van der Waals surface area (Å²) in [7, 11) is 0. The lowest BCUT2D eigenvalue weighted by molar-refractivity contribution is -0.174. The van der Waals surface area contributed by atoms with Gasteiger partial charge >= 0.3 is 0 Å². The molecule has 2 N–H and O–H groups in total. The van der Waals surface area contributed by atoms with Crippen molar-refractivity contribution in [2.45, 2.75) is 39.1 Å². The summed E-state index contributed by atoms with van der Waals surface area (Å²) < 4.78 is 5.43. The zero-order valence-corrected chi connectivity index (χ0v) is 7.90. The molecule has 1 fully saturated rings. The molecule has 5 atom stereocenters. The zero-order chi connectivity index (χ0) is 9.30. The van der Waals surface area contributed by atoms with E-state index in [1.54, 1.807) is 0 Å². The minimum Gasteiger partial charge on any atom is -0.394 e. The topological polar surface area (TPSA) is 49.7 Å². The van der Waals surface area contributed by atoms with Gasteiger partial charge in [0.25, 0.3) is 0 Å². The Morgan fingerprint density at radius 1 is 1.17 bits per heavy atom. The van der Waals surface area contributed by atoms with Crippen LogP contribution in [0.1, 0.15) is 20.8 Å². The van der Waals surface area contributed by atoms with E-state index in [0.29, 0.717) is 5.92 Å². The van der Waals surface area contributed by atoms with Gasteiger partial charge in [-0.3, -0.25) is 0 Å². The summed E-state index contributed by atoms with van der Waals surface area (Å²) in [4.78, 5) is 0. The van der Waals surface area contributed by atoms with Gasteiger partial charge in [0.1, 0.15) is 6.10 Å². The molecule has 0 radical (unpaired) electrons. The van der Waals surface area contributed by atoms with Gasteiger partial charge < -0.3 is 14.9 Å². The molecular formula is C9H18O3. The number of hydrogen-bond donors (Lipinski definition) is 2. The van der Waals surface area contributed by atoms with E-state index in [4.69, 9.17) is 9.84 Å². The van der Waals surface area contributed by atoms with Gasteiger partial charge in [0.15, 0.2) is 0 Å². The average Bonchev–Trinajstić information content (AvgIpc) is 2.08. The van der Waals surface area contributed by atoms with Crippen LogP contribution in [0, 0.1) is 11.8 Å². The average molecular weight is 174 g/mol. The number of ether oxygens (including phenoxy) is 1. The fourth-order valence-electron chi connectivity index (χ4n) is 1.71. The highest BCUT2D eigenvalue weighted by atomic mass is 16.5. The van der Waals surface area contributed by atoms with Crippen molar-refractivity contribution < 1.29 is 14.9 Å². The fraction of sp³-hybridized carbons (Fsp3) is 1.00. The number of aliphatic hydroxyl groups is 2. The number of aliphatic hydroxyl groups excluding tert-OH is 2. The Kier molecular flexibility index (Phi) is 3.09. The Morgan fingerprint density at radius 2 is 1.75 bits per heavy atom. The van der Waals surface area contributed by atoms with Crippen LogP contribution in [0.5, 0.6) is 0 Å². The van der Waals surface area contributed by atoms with Crippen LogP contribution in [0.15, 0.2) is 0 Å². The molecule has 1 aliphatic rings. The molecule has 0 aromatic heterocycles. The molecule has 12 heavy (non-hydrogen) atoms. The van der Waals surface area contributed by atoms with Gasteiger partial charge in [0, 0.05) is 0 Å². The lowest BCUT2D eigenvalue weighted by Crippen LogP contribution is -2.49. The first-order valence-electron chi connectivity index (χ1n) is 4.52. The van der Waals surface area contributed by atoms with Crippen molar-refractivity contribution in [3.63, 3.8) is 0 Å². The largest absolute Gasteiger partial charge is 0.394 e. The van der Waals surface area contributed by atoms with Gasteiger partial charge in [-0.25, -0.2) is 0 Å². The monoisotopic (exact) mass is 174 g/mol. The van der Waals surface area contributed by atoms with E-state index in [9.17, 15) is 5.11 Å². The van der Waals surface area contributed by atoms with Gasteiger partial charge in [-0.1, -0.05) is 13.8 Å². The van der Waals surface area contributed by atoms with Crippen molar-refractivity contribution in [2.24, 2.45) is 11.8 Å². The molecule has 1 saturated heterocycles. The standard InChI is InChI=1S/C9H18O3/c1-5-6(2)9(11)8(4-10)12-7(5)3/h5-11H,4H2,1-3H3. The second-order valence-electron chi connectivity index (χ2n) is 3.77. The maximum absolute atomic E-state index is 9.64. The van der Waals surface area contributed by atoms with Gasteiger partial charge in [0.2, 0.25) is 0 Å². The van der Waals surface area contributed by atoms with E-state index >= 15 is 0 Å². The molecule has 3 nitrogen and oxygen atoms in total. The minimum absolute atomic E-state index is 0.0947. The summed E-state index contributed by atoms with van der Waals surface area (Å²) >= 11 is 0. The summed E-state index contributed by atoms with van der Waals surface area (Å²) in [6.07, 6.45) is -0.798. The highest BCUT2D eigenvalue weighted by molar-refractivity contribution is 4.85. The van der Waals surface area contributed by atoms with E-state index in [2.05, 4.69) is 6.92 Å². The first-order chi connectivity index (χ1) is 5.57. The normalized spacial score (nSPS) is 49.2. The summed E-state index contributed by atoms with van der Waals surface area (Å²) in [5.74, 6) is 0.550. The van der Waals surface area contributed by atoms with Crippen LogP contribution in [0.25, 0.3) is 0 Å². The molecule has 5 unspecified atom stereocenters. The van der Waals surface area contributed by atoms with Crippen molar-refractivity contribution >= 4 is 0 Å². The molecule has 0 amide bonds. The van der Waals surface area contributed by atoms with Crippen LogP contribution in [0.3, 0.4) is 0 Å².